The average molecular weight is 478 g/mol. The first-order valence-electron chi connectivity index (χ1n) is 6.62. The van der Waals surface area contributed by atoms with E-state index in [4.69, 9.17) is 11.6 Å². The topological polar surface area (TPSA) is 75.6 Å². The molecule has 3 aromatic rings. The predicted molar refractivity (Wildman–Crippen MR) is 94.7 cm³/mol. The molecule has 0 radical (unpaired) electrons. The van der Waals surface area contributed by atoms with Crippen LogP contribution in [0, 0.1) is 5.82 Å². The van der Waals surface area contributed by atoms with Crippen LogP contribution in [0.25, 0.3) is 0 Å². The maximum absolute atomic E-state index is 12.9. The van der Waals surface area contributed by atoms with Gasteiger partial charge in [0.15, 0.2) is 11.5 Å². The van der Waals surface area contributed by atoms with E-state index in [0.717, 1.165) is 5.56 Å². The van der Waals surface area contributed by atoms with E-state index < -0.39 is 5.91 Å². The van der Waals surface area contributed by atoms with Gasteiger partial charge >= 0.3 is 0 Å². The molecule has 2 N–H and O–H groups in total. The molecule has 1 amide bonds. The first kappa shape index (κ1) is 17.1. The summed E-state index contributed by atoms with van der Waals surface area (Å²) in [7, 11) is 0. The minimum Gasteiger partial charge on any atom is -0.302 e. The van der Waals surface area contributed by atoms with Crippen LogP contribution >= 0.6 is 43.5 Å². The van der Waals surface area contributed by atoms with Crippen molar-refractivity contribution in [3.8, 4) is 0 Å². The van der Waals surface area contributed by atoms with Crippen molar-refractivity contribution >= 4 is 55.2 Å². The SMILES string of the molecule is O=C(Nc1nn(Cc2ccc(F)cc2)cc1Cl)c1n[nH]c(Br)c1Br. The molecule has 0 aliphatic heterocycles. The first-order valence-corrected chi connectivity index (χ1v) is 8.58. The van der Waals surface area contributed by atoms with Crippen molar-refractivity contribution in [1.29, 1.82) is 0 Å². The minimum absolute atomic E-state index is 0.172. The lowest BCUT2D eigenvalue weighted by molar-refractivity contribution is 0.102. The Kier molecular flexibility index (Phi) is 5.02. The van der Waals surface area contributed by atoms with E-state index >= 15 is 0 Å². The lowest BCUT2D eigenvalue weighted by atomic mass is 10.2. The summed E-state index contributed by atoms with van der Waals surface area (Å²) in [5, 5.41) is 13.6. The number of carbonyl (C=O) groups is 1. The molecule has 0 atom stereocenters. The van der Waals surface area contributed by atoms with E-state index in [1.54, 1.807) is 23.0 Å². The summed E-state index contributed by atoms with van der Waals surface area (Å²) in [4.78, 5) is 12.2. The van der Waals surface area contributed by atoms with E-state index in [0.29, 0.717) is 15.6 Å². The van der Waals surface area contributed by atoms with E-state index in [9.17, 15) is 9.18 Å². The van der Waals surface area contributed by atoms with Crippen molar-refractivity contribution in [2.45, 2.75) is 6.54 Å². The highest BCUT2D eigenvalue weighted by molar-refractivity contribution is 9.13. The third kappa shape index (κ3) is 3.68. The Balaban J connectivity index is 1.75. The molecule has 124 valence electrons. The number of nitrogens with one attached hydrogen (secondary N) is 2. The zero-order valence-corrected chi connectivity index (χ0v) is 15.8. The van der Waals surface area contributed by atoms with Crippen LogP contribution < -0.4 is 5.32 Å². The Bertz CT molecular complexity index is 893. The number of carbonyl (C=O) groups excluding carboxylic acids is 1. The number of H-pyrrole nitrogens is 1. The first-order chi connectivity index (χ1) is 11.4. The molecule has 3 rings (SSSR count). The average Bonchev–Trinajstić information content (AvgIpc) is 3.05. The Labute approximate surface area is 157 Å². The maximum atomic E-state index is 12.9. The summed E-state index contributed by atoms with van der Waals surface area (Å²) in [5.74, 6) is -0.548. The van der Waals surface area contributed by atoms with Crippen LogP contribution in [0.15, 0.2) is 39.5 Å². The van der Waals surface area contributed by atoms with Gasteiger partial charge in [-0.1, -0.05) is 23.7 Å². The molecule has 0 unspecified atom stereocenters. The zero-order valence-electron chi connectivity index (χ0n) is 11.9. The van der Waals surface area contributed by atoms with Crippen molar-refractivity contribution in [3.63, 3.8) is 0 Å². The van der Waals surface area contributed by atoms with Crippen molar-refractivity contribution in [2.75, 3.05) is 5.32 Å². The monoisotopic (exact) mass is 475 g/mol. The van der Waals surface area contributed by atoms with Gasteiger partial charge in [-0.15, -0.1) is 0 Å². The normalized spacial score (nSPS) is 10.8. The number of hydrogen-bond donors (Lipinski definition) is 2. The Morgan fingerprint density at radius 3 is 2.67 bits per heavy atom. The molecule has 0 spiro atoms. The summed E-state index contributed by atoms with van der Waals surface area (Å²) >= 11 is 12.6. The zero-order chi connectivity index (χ0) is 17.3. The predicted octanol–water partition coefficient (Wildman–Crippen LogP) is 4.22. The van der Waals surface area contributed by atoms with Crippen LogP contribution in [0.4, 0.5) is 10.2 Å². The van der Waals surface area contributed by atoms with Gasteiger partial charge in [0.2, 0.25) is 0 Å². The highest BCUT2D eigenvalue weighted by Crippen LogP contribution is 2.26. The van der Waals surface area contributed by atoms with Gasteiger partial charge < -0.3 is 5.32 Å². The van der Waals surface area contributed by atoms with Crippen molar-refractivity contribution < 1.29 is 9.18 Å². The van der Waals surface area contributed by atoms with Crippen LogP contribution in [0.3, 0.4) is 0 Å². The lowest BCUT2D eigenvalue weighted by Gasteiger charge is -2.02. The number of amides is 1. The molecule has 0 bridgehead atoms. The second-order valence-electron chi connectivity index (χ2n) is 4.80. The largest absolute Gasteiger partial charge is 0.302 e. The Hall–Kier alpha value is -1.71. The van der Waals surface area contributed by atoms with Gasteiger partial charge in [-0.2, -0.15) is 10.2 Å². The molecular formula is C14H9Br2ClFN5O. The van der Waals surface area contributed by atoms with Crippen LogP contribution in [-0.2, 0) is 6.54 Å². The van der Waals surface area contributed by atoms with Gasteiger partial charge in [-0.25, -0.2) is 4.39 Å². The summed E-state index contributed by atoms with van der Waals surface area (Å²) in [5.41, 5.74) is 1.03. The van der Waals surface area contributed by atoms with E-state index in [2.05, 4.69) is 52.5 Å². The quantitative estimate of drug-likeness (QED) is 0.591. The second-order valence-corrected chi connectivity index (χ2v) is 6.80. The standard InChI is InChI=1S/C14H9Br2ClFN5O/c15-10-11(20-21-12(10)16)14(24)19-13-9(17)6-23(22-13)5-7-1-3-8(18)4-2-7/h1-4,6H,5H2,(H,20,21)(H,19,22,24). The molecule has 1 aromatic carbocycles. The molecule has 2 aromatic heterocycles. The number of benzene rings is 1. The van der Waals surface area contributed by atoms with Gasteiger partial charge in [0.25, 0.3) is 5.91 Å². The Morgan fingerprint density at radius 1 is 1.33 bits per heavy atom. The smallest absolute Gasteiger partial charge is 0.278 e. The third-order valence-electron chi connectivity index (χ3n) is 3.09. The molecular weight excluding hydrogens is 468 g/mol. The van der Waals surface area contributed by atoms with Crippen LogP contribution in [0.5, 0.6) is 0 Å². The van der Waals surface area contributed by atoms with E-state index in [-0.39, 0.29) is 22.4 Å². The Morgan fingerprint density at radius 2 is 2.04 bits per heavy atom. The molecule has 24 heavy (non-hydrogen) atoms. The van der Waals surface area contributed by atoms with E-state index in [1.165, 1.54) is 12.1 Å². The molecule has 6 nitrogen and oxygen atoms in total. The third-order valence-corrected chi connectivity index (χ3v) is 5.24. The number of aromatic amines is 1. The highest BCUT2D eigenvalue weighted by atomic mass is 79.9. The van der Waals surface area contributed by atoms with Gasteiger partial charge in [0.1, 0.15) is 15.4 Å². The fourth-order valence-corrected chi connectivity index (χ4v) is 2.80. The van der Waals surface area contributed by atoms with Gasteiger partial charge in [0, 0.05) is 6.20 Å². The van der Waals surface area contributed by atoms with Crippen LogP contribution in [0.2, 0.25) is 5.02 Å². The molecule has 0 fully saturated rings. The summed E-state index contributed by atoms with van der Waals surface area (Å²) < 4.78 is 15.5. The molecule has 0 aliphatic rings. The second kappa shape index (κ2) is 7.04. The minimum atomic E-state index is -0.460. The molecule has 0 saturated carbocycles. The lowest BCUT2D eigenvalue weighted by Crippen LogP contribution is -2.14. The number of aromatic nitrogens is 4. The van der Waals surface area contributed by atoms with E-state index in [1.807, 2.05) is 0 Å². The summed E-state index contributed by atoms with van der Waals surface area (Å²) in [6.45, 7) is 0.396. The number of anilines is 1. The molecule has 10 heteroatoms. The van der Waals surface area contributed by atoms with Crippen molar-refractivity contribution in [2.24, 2.45) is 0 Å². The van der Waals surface area contributed by atoms with Crippen molar-refractivity contribution in [1.82, 2.24) is 20.0 Å². The van der Waals surface area contributed by atoms with Crippen molar-refractivity contribution in [3.05, 3.63) is 61.6 Å². The van der Waals surface area contributed by atoms with Crippen LogP contribution in [-0.4, -0.2) is 25.9 Å². The molecule has 0 saturated heterocycles. The molecule has 2 heterocycles. The van der Waals surface area contributed by atoms with Gasteiger partial charge in [-0.3, -0.25) is 14.6 Å². The van der Waals surface area contributed by atoms with Gasteiger partial charge in [0.05, 0.1) is 11.0 Å². The summed E-state index contributed by atoms with van der Waals surface area (Å²) in [6.07, 6.45) is 1.58. The highest BCUT2D eigenvalue weighted by Gasteiger charge is 2.19. The van der Waals surface area contributed by atoms with Gasteiger partial charge in [-0.05, 0) is 49.6 Å². The van der Waals surface area contributed by atoms with Crippen LogP contribution in [0.1, 0.15) is 16.1 Å². The number of hydrogen-bond acceptors (Lipinski definition) is 3. The number of nitrogens with zero attached hydrogens (tertiary/aromatic N) is 3. The maximum Gasteiger partial charge on any atom is 0.278 e. The molecule has 0 aliphatic carbocycles. The fourth-order valence-electron chi connectivity index (χ4n) is 1.96. The summed E-state index contributed by atoms with van der Waals surface area (Å²) in [6, 6.07) is 6.05. The number of rotatable bonds is 4. The fraction of sp³-hybridized carbons (Fsp3) is 0.0714. The number of halogens is 4.